The van der Waals surface area contributed by atoms with Gasteiger partial charge < -0.3 is 15.0 Å². The summed E-state index contributed by atoms with van der Waals surface area (Å²) in [4.78, 5) is 21.9. The first-order chi connectivity index (χ1) is 9.83. The fourth-order valence-electron chi connectivity index (χ4n) is 2.25. The first kappa shape index (κ1) is 15.8. The van der Waals surface area contributed by atoms with Gasteiger partial charge in [-0.25, -0.2) is 14.8 Å². The van der Waals surface area contributed by atoms with Gasteiger partial charge in [-0.15, -0.1) is 0 Å². The van der Waals surface area contributed by atoms with Gasteiger partial charge in [0.15, 0.2) is 0 Å². The molecule has 1 aliphatic heterocycles. The number of carbonyl (C=O) groups is 1. The molecule has 6 nitrogen and oxygen atoms in total. The molecule has 1 aliphatic rings. The summed E-state index contributed by atoms with van der Waals surface area (Å²) in [6, 6.07) is 1.76. The third-order valence-electron chi connectivity index (χ3n) is 3.16. The summed E-state index contributed by atoms with van der Waals surface area (Å²) in [6.07, 6.45) is 2.09. The lowest BCUT2D eigenvalue weighted by Crippen LogP contribution is -2.36. The van der Waals surface area contributed by atoms with Crippen LogP contribution in [0.2, 0.25) is 5.15 Å². The Hall–Kier alpha value is -1.56. The first-order valence-electron chi connectivity index (χ1n) is 7.03. The van der Waals surface area contributed by atoms with Gasteiger partial charge in [-0.2, -0.15) is 0 Å². The highest BCUT2D eigenvalue weighted by atomic mass is 35.5. The maximum absolute atomic E-state index is 11.6. The Labute approximate surface area is 129 Å². The molecule has 0 aromatic carbocycles. The number of halogens is 1. The summed E-state index contributed by atoms with van der Waals surface area (Å²) >= 11 is 5.87. The van der Waals surface area contributed by atoms with Crippen molar-refractivity contribution in [3.05, 3.63) is 17.5 Å². The number of hydrogen-bond donors (Lipinski definition) is 1. The van der Waals surface area contributed by atoms with Gasteiger partial charge in [0.1, 0.15) is 22.9 Å². The molecule has 0 bridgehead atoms. The summed E-state index contributed by atoms with van der Waals surface area (Å²) in [7, 11) is 0. The van der Waals surface area contributed by atoms with Crippen molar-refractivity contribution in [3.8, 4) is 0 Å². The molecule has 1 saturated heterocycles. The Balaban J connectivity index is 1.79. The molecule has 2 rings (SSSR count). The van der Waals surface area contributed by atoms with E-state index in [1.165, 1.54) is 6.33 Å². The normalized spacial score (nSPS) is 18.7. The molecule has 0 spiro atoms. The minimum atomic E-state index is -0.469. The lowest BCUT2D eigenvalue weighted by molar-refractivity contribution is 0.0520. The maximum Gasteiger partial charge on any atom is 0.407 e. The van der Waals surface area contributed by atoms with Crippen molar-refractivity contribution < 1.29 is 9.53 Å². The summed E-state index contributed by atoms with van der Waals surface area (Å²) < 4.78 is 5.22. The van der Waals surface area contributed by atoms with E-state index in [1.807, 2.05) is 20.8 Å². The van der Waals surface area contributed by atoms with E-state index in [-0.39, 0.29) is 6.09 Å². The second-order valence-electron chi connectivity index (χ2n) is 6.18. The number of rotatable bonds is 3. The van der Waals surface area contributed by atoms with E-state index in [9.17, 15) is 4.79 Å². The van der Waals surface area contributed by atoms with Gasteiger partial charge in [0.05, 0.1) is 0 Å². The number of amides is 1. The number of aromatic nitrogens is 2. The predicted molar refractivity (Wildman–Crippen MR) is 81.6 cm³/mol. The lowest BCUT2D eigenvalue weighted by atomic mass is 10.1. The summed E-state index contributed by atoms with van der Waals surface area (Å²) in [6.45, 7) is 7.88. The van der Waals surface area contributed by atoms with Crippen LogP contribution in [0, 0.1) is 5.92 Å². The van der Waals surface area contributed by atoms with Crippen LogP contribution in [0.3, 0.4) is 0 Å². The van der Waals surface area contributed by atoms with Crippen LogP contribution in [0.25, 0.3) is 0 Å². The highest BCUT2D eigenvalue weighted by molar-refractivity contribution is 6.29. The second kappa shape index (κ2) is 6.47. The van der Waals surface area contributed by atoms with E-state index in [0.29, 0.717) is 17.6 Å². The maximum atomic E-state index is 11.6. The molecule has 0 radical (unpaired) electrons. The Morgan fingerprint density at radius 3 is 2.95 bits per heavy atom. The molecule has 1 aromatic rings. The van der Waals surface area contributed by atoms with Crippen LogP contribution in [-0.2, 0) is 4.74 Å². The Bertz CT molecular complexity index is 504. The van der Waals surface area contributed by atoms with Crippen LogP contribution in [-0.4, -0.2) is 41.3 Å². The third kappa shape index (κ3) is 5.04. The van der Waals surface area contributed by atoms with E-state index >= 15 is 0 Å². The minimum Gasteiger partial charge on any atom is -0.444 e. The highest BCUT2D eigenvalue weighted by Gasteiger charge is 2.25. The summed E-state index contributed by atoms with van der Waals surface area (Å²) in [5, 5.41) is 3.26. The van der Waals surface area contributed by atoms with Crippen LogP contribution in [0.15, 0.2) is 12.4 Å². The largest absolute Gasteiger partial charge is 0.444 e. The molecule has 1 fully saturated rings. The zero-order chi connectivity index (χ0) is 15.5. The van der Waals surface area contributed by atoms with Gasteiger partial charge in [-0.3, -0.25) is 0 Å². The molecular weight excluding hydrogens is 292 g/mol. The van der Waals surface area contributed by atoms with E-state index in [0.717, 1.165) is 25.3 Å². The van der Waals surface area contributed by atoms with Gasteiger partial charge >= 0.3 is 6.09 Å². The molecule has 0 unspecified atom stereocenters. The van der Waals surface area contributed by atoms with Crippen molar-refractivity contribution in [2.45, 2.75) is 32.8 Å². The molecule has 1 amide bonds. The fraction of sp³-hybridized carbons (Fsp3) is 0.643. The first-order valence-corrected chi connectivity index (χ1v) is 7.40. The quantitative estimate of drug-likeness (QED) is 0.869. The van der Waals surface area contributed by atoms with E-state index < -0.39 is 5.60 Å². The van der Waals surface area contributed by atoms with E-state index in [4.69, 9.17) is 16.3 Å². The number of nitrogens with one attached hydrogen (secondary N) is 1. The Kier molecular flexibility index (Phi) is 4.88. The monoisotopic (exact) mass is 312 g/mol. The number of carbonyl (C=O) groups excluding carboxylic acids is 1. The van der Waals surface area contributed by atoms with Gasteiger partial charge in [0.2, 0.25) is 0 Å². The Morgan fingerprint density at radius 2 is 2.29 bits per heavy atom. The van der Waals surface area contributed by atoms with Crippen molar-refractivity contribution in [2.24, 2.45) is 5.92 Å². The number of hydrogen-bond acceptors (Lipinski definition) is 5. The molecule has 7 heteroatoms. The average Bonchev–Trinajstić information content (AvgIpc) is 2.83. The number of nitrogens with zero attached hydrogens (tertiary/aromatic N) is 3. The van der Waals surface area contributed by atoms with Crippen molar-refractivity contribution in [1.82, 2.24) is 15.3 Å². The molecule has 116 valence electrons. The number of anilines is 1. The average molecular weight is 313 g/mol. The summed E-state index contributed by atoms with van der Waals surface area (Å²) in [5.41, 5.74) is -0.469. The molecule has 21 heavy (non-hydrogen) atoms. The second-order valence-corrected chi connectivity index (χ2v) is 6.57. The SMILES string of the molecule is CC(C)(C)OC(=O)NC[C@H]1CCN(c2cc(Cl)ncn2)C1. The number of ether oxygens (including phenoxy) is 1. The molecule has 2 heterocycles. The highest BCUT2D eigenvalue weighted by Crippen LogP contribution is 2.22. The topological polar surface area (TPSA) is 67.3 Å². The molecule has 1 atom stereocenters. The van der Waals surface area contributed by atoms with Crippen LogP contribution in [0.5, 0.6) is 0 Å². The van der Waals surface area contributed by atoms with Gasteiger partial charge in [0.25, 0.3) is 0 Å². The molecular formula is C14H21ClN4O2. The van der Waals surface area contributed by atoms with Crippen molar-refractivity contribution in [1.29, 1.82) is 0 Å². The van der Waals surface area contributed by atoms with Gasteiger partial charge in [-0.05, 0) is 33.1 Å². The van der Waals surface area contributed by atoms with Crippen LogP contribution in [0.4, 0.5) is 10.6 Å². The standard InChI is InChI=1S/C14H21ClN4O2/c1-14(2,3)21-13(20)16-7-10-4-5-19(8-10)12-6-11(15)17-9-18-12/h6,9-10H,4-5,7-8H2,1-3H3,(H,16,20)/t10-/m1/s1. The van der Waals surface area contributed by atoms with Crippen LogP contribution < -0.4 is 10.2 Å². The van der Waals surface area contributed by atoms with Crippen LogP contribution in [0.1, 0.15) is 27.2 Å². The van der Waals surface area contributed by atoms with Gasteiger partial charge in [-0.1, -0.05) is 11.6 Å². The fourth-order valence-corrected chi connectivity index (χ4v) is 2.39. The van der Waals surface area contributed by atoms with Gasteiger partial charge in [0, 0.05) is 25.7 Å². The lowest BCUT2D eigenvalue weighted by Gasteiger charge is -2.21. The predicted octanol–water partition coefficient (Wildman–Crippen LogP) is 2.48. The van der Waals surface area contributed by atoms with E-state index in [1.54, 1.807) is 6.07 Å². The third-order valence-corrected chi connectivity index (χ3v) is 3.37. The molecule has 1 N–H and O–H groups in total. The van der Waals surface area contributed by atoms with E-state index in [2.05, 4.69) is 20.2 Å². The smallest absolute Gasteiger partial charge is 0.407 e. The molecule has 0 aliphatic carbocycles. The van der Waals surface area contributed by atoms with Crippen molar-refractivity contribution in [2.75, 3.05) is 24.5 Å². The minimum absolute atomic E-state index is 0.369. The van der Waals surface area contributed by atoms with Crippen molar-refractivity contribution >= 4 is 23.5 Å². The summed E-state index contributed by atoms with van der Waals surface area (Å²) in [5.74, 6) is 1.21. The molecule has 0 saturated carbocycles. The zero-order valence-corrected chi connectivity index (χ0v) is 13.4. The number of alkyl carbamates (subject to hydrolysis) is 1. The molecule has 1 aromatic heterocycles. The van der Waals surface area contributed by atoms with Crippen molar-refractivity contribution in [3.63, 3.8) is 0 Å². The Morgan fingerprint density at radius 1 is 1.52 bits per heavy atom. The zero-order valence-electron chi connectivity index (χ0n) is 12.6. The van der Waals surface area contributed by atoms with Crippen LogP contribution >= 0.6 is 11.6 Å².